The van der Waals surface area contributed by atoms with Crippen molar-refractivity contribution in [3.8, 4) is 11.1 Å². The van der Waals surface area contributed by atoms with Crippen molar-refractivity contribution in [3.63, 3.8) is 0 Å². The third-order valence-electron chi connectivity index (χ3n) is 3.89. The number of benzene rings is 1. The molecular weight excluding hydrogens is 369 g/mol. The SMILES string of the molecule is O=S(=O)(Nc1ccc(-c2ccc(Cl)cc2Cl)cn1)N1CCCCC1. The van der Waals surface area contributed by atoms with Gasteiger partial charge in [0.2, 0.25) is 0 Å². The number of hydrogen-bond acceptors (Lipinski definition) is 3. The van der Waals surface area contributed by atoms with Crippen molar-refractivity contribution < 1.29 is 8.42 Å². The lowest BCUT2D eigenvalue weighted by molar-refractivity contribution is 0.349. The summed E-state index contributed by atoms with van der Waals surface area (Å²) < 4.78 is 28.7. The van der Waals surface area contributed by atoms with Gasteiger partial charge in [-0.1, -0.05) is 35.7 Å². The van der Waals surface area contributed by atoms with Crippen LogP contribution in [-0.2, 0) is 10.2 Å². The molecule has 1 N–H and O–H groups in total. The molecule has 24 heavy (non-hydrogen) atoms. The third kappa shape index (κ3) is 4.00. The van der Waals surface area contributed by atoms with Crippen molar-refractivity contribution in [3.05, 3.63) is 46.6 Å². The number of aromatic nitrogens is 1. The van der Waals surface area contributed by atoms with Crippen LogP contribution in [0.2, 0.25) is 10.0 Å². The van der Waals surface area contributed by atoms with Gasteiger partial charge in [0.15, 0.2) is 0 Å². The van der Waals surface area contributed by atoms with Crippen molar-refractivity contribution in [2.75, 3.05) is 17.8 Å². The molecule has 0 aliphatic carbocycles. The van der Waals surface area contributed by atoms with Gasteiger partial charge in [0.25, 0.3) is 0 Å². The molecule has 2 heterocycles. The number of halogens is 2. The number of rotatable bonds is 4. The molecule has 0 atom stereocenters. The number of hydrogen-bond donors (Lipinski definition) is 1. The zero-order chi connectivity index (χ0) is 17.2. The highest BCUT2D eigenvalue weighted by Gasteiger charge is 2.24. The van der Waals surface area contributed by atoms with Gasteiger partial charge in [-0.15, -0.1) is 0 Å². The molecule has 3 rings (SSSR count). The Hall–Kier alpha value is -1.34. The van der Waals surface area contributed by atoms with E-state index in [1.165, 1.54) is 4.31 Å². The Bertz CT molecular complexity index is 820. The minimum absolute atomic E-state index is 0.286. The molecule has 0 saturated carbocycles. The fourth-order valence-corrected chi connectivity index (χ4v) is 4.41. The molecule has 0 bridgehead atoms. The molecule has 1 aliphatic heterocycles. The smallest absolute Gasteiger partial charge is 0.254 e. The first-order chi connectivity index (χ1) is 11.5. The van der Waals surface area contributed by atoms with Crippen molar-refractivity contribution in [1.29, 1.82) is 0 Å². The Kier molecular flexibility index (Phi) is 5.30. The molecule has 0 spiro atoms. The van der Waals surface area contributed by atoms with Gasteiger partial charge in [0.05, 0.1) is 0 Å². The Morgan fingerprint density at radius 1 is 1.04 bits per heavy atom. The fourth-order valence-electron chi connectivity index (χ4n) is 2.64. The molecule has 5 nitrogen and oxygen atoms in total. The van der Waals surface area contributed by atoms with Gasteiger partial charge in [0, 0.05) is 40.5 Å². The second kappa shape index (κ2) is 7.27. The van der Waals surface area contributed by atoms with E-state index >= 15 is 0 Å². The van der Waals surface area contributed by atoms with Crippen LogP contribution in [-0.4, -0.2) is 30.8 Å². The zero-order valence-electron chi connectivity index (χ0n) is 12.9. The Labute approximate surface area is 151 Å². The highest BCUT2D eigenvalue weighted by Crippen LogP contribution is 2.30. The third-order valence-corrected chi connectivity index (χ3v) is 5.95. The van der Waals surface area contributed by atoms with Crippen LogP contribution < -0.4 is 4.72 Å². The number of pyridine rings is 1. The monoisotopic (exact) mass is 385 g/mol. The summed E-state index contributed by atoms with van der Waals surface area (Å²) in [6.07, 6.45) is 4.44. The van der Waals surface area contributed by atoms with Crippen molar-refractivity contribution >= 4 is 39.2 Å². The normalized spacial score (nSPS) is 16.1. The van der Waals surface area contributed by atoms with Gasteiger partial charge in [-0.3, -0.25) is 4.72 Å². The molecule has 1 aliphatic rings. The fraction of sp³-hybridized carbons (Fsp3) is 0.312. The second-order valence-corrected chi connectivity index (χ2v) is 8.14. The van der Waals surface area contributed by atoms with Crippen LogP contribution >= 0.6 is 23.2 Å². The largest absolute Gasteiger partial charge is 0.302 e. The van der Waals surface area contributed by atoms with E-state index < -0.39 is 10.2 Å². The molecule has 1 saturated heterocycles. The summed E-state index contributed by atoms with van der Waals surface area (Å²) in [5.74, 6) is 0.286. The topological polar surface area (TPSA) is 62.3 Å². The molecule has 1 fully saturated rings. The van der Waals surface area contributed by atoms with E-state index in [4.69, 9.17) is 23.2 Å². The number of anilines is 1. The molecule has 1 aromatic heterocycles. The summed E-state index contributed by atoms with van der Waals surface area (Å²) in [5, 5.41) is 1.08. The standard InChI is InChI=1S/C16H17Cl2N3O2S/c17-13-5-6-14(15(18)10-13)12-4-7-16(19-11-12)20-24(22,23)21-8-2-1-3-9-21/h4-7,10-11H,1-3,8-9H2,(H,19,20). The molecule has 2 aromatic rings. The maximum Gasteiger partial charge on any atom is 0.302 e. The first-order valence-corrected chi connectivity index (χ1v) is 9.85. The molecule has 0 amide bonds. The maximum absolute atomic E-state index is 12.3. The van der Waals surface area contributed by atoms with Crippen molar-refractivity contribution in [1.82, 2.24) is 9.29 Å². The number of nitrogens with zero attached hydrogens (tertiary/aromatic N) is 2. The van der Waals surface area contributed by atoms with Crippen molar-refractivity contribution in [2.45, 2.75) is 19.3 Å². The molecule has 0 radical (unpaired) electrons. The average Bonchev–Trinajstić information content (AvgIpc) is 2.56. The molecule has 128 valence electrons. The summed E-state index contributed by atoms with van der Waals surface area (Å²) in [6, 6.07) is 8.61. The Balaban J connectivity index is 1.77. The highest BCUT2D eigenvalue weighted by atomic mass is 35.5. The first-order valence-electron chi connectivity index (χ1n) is 7.65. The Morgan fingerprint density at radius 3 is 2.42 bits per heavy atom. The van der Waals surface area contributed by atoms with Gasteiger partial charge in [-0.25, -0.2) is 4.98 Å². The van der Waals surface area contributed by atoms with E-state index in [9.17, 15) is 8.42 Å². The maximum atomic E-state index is 12.3. The minimum atomic E-state index is -3.55. The molecule has 0 unspecified atom stereocenters. The van der Waals surface area contributed by atoms with Crippen LogP contribution in [0.1, 0.15) is 19.3 Å². The van der Waals surface area contributed by atoms with Crippen LogP contribution in [0.15, 0.2) is 36.5 Å². The van der Waals surface area contributed by atoms with Crippen molar-refractivity contribution in [2.24, 2.45) is 0 Å². The van der Waals surface area contributed by atoms with Crippen LogP contribution in [0.25, 0.3) is 11.1 Å². The summed E-state index contributed by atoms with van der Waals surface area (Å²) in [6.45, 7) is 1.10. The van der Waals surface area contributed by atoms with Gasteiger partial charge >= 0.3 is 10.2 Å². The predicted octanol–water partition coefficient (Wildman–Crippen LogP) is 4.20. The average molecular weight is 386 g/mol. The Morgan fingerprint density at radius 2 is 1.79 bits per heavy atom. The zero-order valence-corrected chi connectivity index (χ0v) is 15.2. The predicted molar refractivity (Wildman–Crippen MR) is 97.7 cm³/mol. The lowest BCUT2D eigenvalue weighted by atomic mass is 10.1. The van der Waals surface area contributed by atoms with Gasteiger partial charge < -0.3 is 0 Å². The summed E-state index contributed by atoms with van der Waals surface area (Å²) >= 11 is 12.1. The van der Waals surface area contributed by atoms with Gasteiger partial charge in [-0.2, -0.15) is 12.7 Å². The van der Waals surface area contributed by atoms with E-state index in [1.807, 2.05) is 0 Å². The van der Waals surface area contributed by atoms with Crippen LogP contribution in [0.4, 0.5) is 5.82 Å². The van der Waals surface area contributed by atoms with E-state index in [0.717, 1.165) is 30.4 Å². The summed E-state index contributed by atoms with van der Waals surface area (Å²) in [5.41, 5.74) is 1.58. The van der Waals surface area contributed by atoms with E-state index in [2.05, 4.69) is 9.71 Å². The lowest BCUT2D eigenvalue weighted by Gasteiger charge is -2.25. The second-order valence-electron chi connectivity index (χ2n) is 5.62. The van der Waals surface area contributed by atoms with Crippen LogP contribution in [0.5, 0.6) is 0 Å². The number of nitrogens with one attached hydrogen (secondary N) is 1. The quantitative estimate of drug-likeness (QED) is 0.857. The molecule has 8 heteroatoms. The van der Waals surface area contributed by atoms with E-state index in [-0.39, 0.29) is 5.82 Å². The lowest BCUT2D eigenvalue weighted by Crippen LogP contribution is -2.39. The van der Waals surface area contributed by atoms with Crippen LogP contribution in [0, 0.1) is 0 Å². The molecule has 1 aromatic carbocycles. The molecular formula is C16H17Cl2N3O2S. The first kappa shape index (κ1) is 17.5. The highest BCUT2D eigenvalue weighted by molar-refractivity contribution is 7.90. The number of piperidine rings is 1. The summed E-state index contributed by atoms with van der Waals surface area (Å²) in [7, 11) is -3.55. The summed E-state index contributed by atoms with van der Waals surface area (Å²) in [4.78, 5) is 4.19. The minimum Gasteiger partial charge on any atom is -0.254 e. The van der Waals surface area contributed by atoms with Gasteiger partial charge in [0.1, 0.15) is 5.82 Å². The van der Waals surface area contributed by atoms with Crippen LogP contribution in [0.3, 0.4) is 0 Å². The van der Waals surface area contributed by atoms with E-state index in [1.54, 1.807) is 36.5 Å². The van der Waals surface area contributed by atoms with E-state index in [0.29, 0.717) is 23.1 Å². The van der Waals surface area contributed by atoms with Gasteiger partial charge in [-0.05, 0) is 37.1 Å².